The van der Waals surface area contributed by atoms with Crippen molar-refractivity contribution >= 4 is 17.2 Å². The van der Waals surface area contributed by atoms with E-state index in [1.54, 1.807) is 23.6 Å². The molecule has 8 nitrogen and oxygen atoms in total. The Labute approximate surface area is 142 Å². The molecule has 0 saturated heterocycles. The van der Waals surface area contributed by atoms with Gasteiger partial charge in [0.2, 0.25) is 6.79 Å². The van der Waals surface area contributed by atoms with E-state index in [-0.39, 0.29) is 25.9 Å². The number of nitrogens with zero attached hydrogens (tertiary/aromatic N) is 1. The number of aliphatic hydroxyl groups excluding tert-OH is 1. The minimum Gasteiger partial charge on any atom is -0.491 e. The fourth-order valence-electron chi connectivity index (χ4n) is 2.03. The highest BCUT2D eigenvalue weighted by atomic mass is 32.1. The zero-order chi connectivity index (χ0) is 16.9. The minimum absolute atomic E-state index is 0.0328. The highest BCUT2D eigenvalue weighted by Crippen LogP contribution is 2.35. The van der Waals surface area contributed by atoms with Gasteiger partial charge in [-0.3, -0.25) is 4.79 Å². The van der Waals surface area contributed by atoms with Crippen LogP contribution in [-0.4, -0.2) is 42.0 Å². The van der Waals surface area contributed by atoms with E-state index in [1.807, 2.05) is 0 Å². The van der Waals surface area contributed by atoms with Gasteiger partial charge in [0.05, 0.1) is 0 Å². The molecule has 2 heterocycles. The van der Waals surface area contributed by atoms with Crippen molar-refractivity contribution in [2.75, 3.05) is 19.9 Å². The van der Waals surface area contributed by atoms with Crippen molar-refractivity contribution in [3.63, 3.8) is 0 Å². The van der Waals surface area contributed by atoms with Gasteiger partial charge >= 0.3 is 0 Å². The van der Waals surface area contributed by atoms with E-state index < -0.39 is 6.10 Å². The second-order valence-electron chi connectivity index (χ2n) is 5.02. The first kappa shape index (κ1) is 16.5. The number of hydrogen-bond acceptors (Lipinski definition) is 8. The molecule has 24 heavy (non-hydrogen) atoms. The Hall–Kier alpha value is -2.36. The second-order valence-corrected chi connectivity index (χ2v) is 5.96. The Balaban J connectivity index is 1.44. The van der Waals surface area contributed by atoms with Crippen molar-refractivity contribution in [2.24, 2.45) is 5.73 Å². The van der Waals surface area contributed by atoms with Crippen LogP contribution in [0.4, 0.5) is 0 Å². The van der Waals surface area contributed by atoms with Gasteiger partial charge in [-0.05, 0) is 12.1 Å². The van der Waals surface area contributed by atoms with E-state index in [4.69, 9.17) is 19.9 Å². The Morgan fingerprint density at radius 1 is 1.46 bits per heavy atom. The van der Waals surface area contributed by atoms with Crippen LogP contribution in [0.5, 0.6) is 17.2 Å². The number of carbonyl (C=O) groups excluding carboxylic acids is 1. The summed E-state index contributed by atoms with van der Waals surface area (Å²) in [5.74, 6) is 1.47. The van der Waals surface area contributed by atoms with Crippen LogP contribution >= 0.6 is 11.3 Å². The largest absolute Gasteiger partial charge is 0.491 e. The number of aliphatic hydroxyl groups is 1. The van der Waals surface area contributed by atoms with Crippen LogP contribution in [0.3, 0.4) is 0 Å². The van der Waals surface area contributed by atoms with Crippen LogP contribution in [0.2, 0.25) is 0 Å². The van der Waals surface area contributed by atoms with E-state index in [2.05, 4.69) is 10.3 Å². The van der Waals surface area contributed by atoms with Crippen molar-refractivity contribution < 1.29 is 24.1 Å². The molecule has 1 unspecified atom stereocenters. The number of thiazole rings is 1. The third-order valence-electron chi connectivity index (χ3n) is 3.24. The van der Waals surface area contributed by atoms with Gasteiger partial charge in [0.15, 0.2) is 11.5 Å². The van der Waals surface area contributed by atoms with E-state index >= 15 is 0 Å². The molecule has 1 aliphatic heterocycles. The van der Waals surface area contributed by atoms with E-state index in [0.29, 0.717) is 34.5 Å². The van der Waals surface area contributed by atoms with E-state index in [1.165, 1.54) is 11.3 Å². The Morgan fingerprint density at radius 2 is 2.29 bits per heavy atom. The van der Waals surface area contributed by atoms with Gasteiger partial charge in [-0.2, -0.15) is 0 Å². The van der Waals surface area contributed by atoms with Gasteiger partial charge in [-0.1, -0.05) is 0 Å². The van der Waals surface area contributed by atoms with Crippen molar-refractivity contribution in [3.8, 4) is 17.2 Å². The van der Waals surface area contributed by atoms with E-state index in [9.17, 15) is 9.90 Å². The zero-order valence-electron chi connectivity index (χ0n) is 12.7. The number of benzene rings is 1. The number of nitrogens with two attached hydrogens (primary N) is 1. The lowest BCUT2D eigenvalue weighted by Crippen LogP contribution is -2.35. The molecule has 2 aromatic rings. The molecule has 1 aromatic heterocycles. The highest BCUT2D eigenvalue weighted by Gasteiger charge is 2.15. The number of rotatable bonds is 7. The number of amides is 1. The van der Waals surface area contributed by atoms with Crippen LogP contribution in [0.1, 0.15) is 15.5 Å². The monoisotopic (exact) mass is 351 g/mol. The average molecular weight is 351 g/mol. The van der Waals surface area contributed by atoms with Gasteiger partial charge in [0, 0.05) is 24.5 Å². The summed E-state index contributed by atoms with van der Waals surface area (Å²) in [7, 11) is 0. The van der Waals surface area contributed by atoms with Gasteiger partial charge in [0.1, 0.15) is 29.2 Å². The molecule has 0 aliphatic carbocycles. The molecular weight excluding hydrogens is 334 g/mol. The minimum atomic E-state index is -0.855. The molecule has 0 radical (unpaired) electrons. The summed E-state index contributed by atoms with van der Waals surface area (Å²) in [4.78, 5) is 16.0. The molecule has 0 spiro atoms. The van der Waals surface area contributed by atoms with Gasteiger partial charge in [-0.25, -0.2) is 4.98 Å². The molecule has 1 amide bonds. The molecule has 1 atom stereocenters. The highest BCUT2D eigenvalue weighted by molar-refractivity contribution is 7.09. The van der Waals surface area contributed by atoms with Gasteiger partial charge in [-0.15, -0.1) is 11.3 Å². The topological polar surface area (TPSA) is 116 Å². The Bertz CT molecular complexity index is 721. The summed E-state index contributed by atoms with van der Waals surface area (Å²) in [6.07, 6.45) is -0.855. The van der Waals surface area contributed by atoms with Crippen molar-refractivity contribution in [1.29, 1.82) is 0 Å². The summed E-state index contributed by atoms with van der Waals surface area (Å²) >= 11 is 1.32. The summed E-state index contributed by atoms with van der Waals surface area (Å²) in [5.41, 5.74) is 5.75. The molecular formula is C15H17N3O5S. The zero-order valence-corrected chi connectivity index (χ0v) is 13.5. The molecule has 0 fully saturated rings. The van der Waals surface area contributed by atoms with Gasteiger partial charge in [0.25, 0.3) is 5.91 Å². The standard InChI is InChI=1S/C15H17N3O5S/c16-4-14-18-11(7-24-14)15(20)17-5-9(19)6-21-10-1-2-12-13(3-10)23-8-22-12/h1-3,7,9,19H,4-6,8,16H2,(H,17,20). The third kappa shape index (κ3) is 3.94. The first-order chi connectivity index (χ1) is 11.7. The van der Waals surface area contributed by atoms with Crippen LogP contribution in [0.15, 0.2) is 23.6 Å². The molecule has 128 valence electrons. The average Bonchev–Trinajstić information content (AvgIpc) is 3.26. The smallest absolute Gasteiger partial charge is 0.270 e. The first-order valence-electron chi connectivity index (χ1n) is 7.29. The summed E-state index contributed by atoms with van der Waals surface area (Å²) < 4.78 is 15.9. The molecule has 3 rings (SSSR count). The second kappa shape index (κ2) is 7.47. The lowest BCUT2D eigenvalue weighted by atomic mass is 10.3. The quantitative estimate of drug-likeness (QED) is 0.665. The van der Waals surface area contributed by atoms with Crippen molar-refractivity contribution in [3.05, 3.63) is 34.3 Å². The molecule has 1 aromatic carbocycles. The van der Waals surface area contributed by atoms with Gasteiger partial charge < -0.3 is 30.4 Å². The lowest BCUT2D eigenvalue weighted by molar-refractivity contribution is 0.0840. The fraction of sp³-hybridized carbons (Fsp3) is 0.333. The Kier molecular flexibility index (Phi) is 5.14. The lowest BCUT2D eigenvalue weighted by Gasteiger charge is -2.13. The predicted molar refractivity (Wildman–Crippen MR) is 86.4 cm³/mol. The normalized spacial score (nSPS) is 13.6. The maximum atomic E-state index is 11.9. The van der Waals surface area contributed by atoms with Crippen molar-refractivity contribution in [2.45, 2.75) is 12.6 Å². The molecule has 0 bridgehead atoms. The number of nitrogens with one attached hydrogen (secondary N) is 1. The number of hydrogen-bond donors (Lipinski definition) is 3. The maximum Gasteiger partial charge on any atom is 0.270 e. The van der Waals surface area contributed by atoms with Crippen LogP contribution in [0.25, 0.3) is 0 Å². The molecule has 9 heteroatoms. The van der Waals surface area contributed by atoms with Crippen LogP contribution in [0, 0.1) is 0 Å². The fourth-order valence-corrected chi connectivity index (χ4v) is 2.68. The molecule has 0 saturated carbocycles. The number of fused-ring (bicyclic) bond motifs is 1. The van der Waals surface area contributed by atoms with Crippen LogP contribution in [-0.2, 0) is 6.54 Å². The first-order valence-corrected chi connectivity index (χ1v) is 8.17. The maximum absolute atomic E-state index is 11.9. The third-order valence-corrected chi connectivity index (χ3v) is 4.11. The predicted octanol–water partition coefficient (Wildman–Crippen LogP) is 0.500. The number of aromatic nitrogens is 1. The molecule has 4 N–H and O–H groups in total. The number of ether oxygens (including phenoxy) is 3. The number of carbonyl (C=O) groups is 1. The summed E-state index contributed by atoms with van der Waals surface area (Å²) in [5, 5.41) is 14.8. The molecule has 1 aliphatic rings. The summed E-state index contributed by atoms with van der Waals surface area (Å²) in [6.45, 7) is 0.573. The summed E-state index contributed by atoms with van der Waals surface area (Å²) in [6, 6.07) is 5.16. The van der Waals surface area contributed by atoms with Crippen LogP contribution < -0.4 is 25.3 Å². The van der Waals surface area contributed by atoms with Crippen molar-refractivity contribution in [1.82, 2.24) is 10.3 Å². The Morgan fingerprint density at radius 3 is 3.08 bits per heavy atom. The van der Waals surface area contributed by atoms with E-state index in [0.717, 1.165) is 0 Å². The SMILES string of the molecule is NCc1nc(C(=O)NCC(O)COc2ccc3c(c2)OCO3)cs1.